The predicted molar refractivity (Wildman–Crippen MR) is 57.6 cm³/mol. The lowest BCUT2D eigenvalue weighted by Gasteiger charge is -2.03. The second-order valence-corrected chi connectivity index (χ2v) is 3.92. The van der Waals surface area contributed by atoms with Gasteiger partial charge in [-0.25, -0.2) is 0 Å². The Hall–Kier alpha value is -0.670. The van der Waals surface area contributed by atoms with Gasteiger partial charge in [0.15, 0.2) is 5.75 Å². The molecule has 0 aliphatic rings. The minimum absolute atomic E-state index is 0.615. The molecule has 0 bridgehead atoms. The van der Waals surface area contributed by atoms with E-state index in [0.29, 0.717) is 10.8 Å². The molecule has 1 N–H and O–H groups in total. The molecule has 0 saturated carbocycles. The van der Waals surface area contributed by atoms with Crippen molar-refractivity contribution >= 4 is 38.4 Å². The first-order chi connectivity index (χ1) is 6.22. The number of hydrogen-bond donors (Lipinski definition) is 1. The van der Waals surface area contributed by atoms with Crippen LogP contribution in [0.1, 0.15) is 0 Å². The van der Waals surface area contributed by atoms with Gasteiger partial charge in [0.1, 0.15) is 0 Å². The van der Waals surface area contributed by atoms with Gasteiger partial charge in [-0.2, -0.15) is 0 Å². The number of H-pyrrole nitrogens is 1. The summed E-state index contributed by atoms with van der Waals surface area (Å²) < 4.78 is 6.11. The number of hydrogen-bond acceptors (Lipinski definition) is 1. The standard InChI is InChI=1S/C9H7BrClNO/c1-13-9-6(11)3-2-5-4-7(10)12-8(5)9/h2-4,12H,1H3. The van der Waals surface area contributed by atoms with Crippen molar-refractivity contribution in [2.24, 2.45) is 0 Å². The van der Waals surface area contributed by atoms with Gasteiger partial charge in [-0.3, -0.25) is 0 Å². The minimum atomic E-state index is 0.615. The van der Waals surface area contributed by atoms with Crippen LogP contribution in [0.3, 0.4) is 0 Å². The molecule has 0 amide bonds. The monoisotopic (exact) mass is 259 g/mol. The molecule has 13 heavy (non-hydrogen) atoms. The minimum Gasteiger partial charge on any atom is -0.493 e. The quantitative estimate of drug-likeness (QED) is 0.833. The normalized spacial score (nSPS) is 10.7. The van der Waals surface area contributed by atoms with E-state index in [0.717, 1.165) is 15.5 Å². The Kier molecular flexibility index (Phi) is 2.22. The van der Waals surface area contributed by atoms with E-state index in [2.05, 4.69) is 20.9 Å². The number of rotatable bonds is 1. The average molecular weight is 261 g/mol. The number of fused-ring (bicyclic) bond motifs is 1. The third-order valence-electron chi connectivity index (χ3n) is 1.87. The number of ether oxygens (including phenoxy) is 1. The van der Waals surface area contributed by atoms with E-state index < -0.39 is 0 Å². The molecule has 1 aromatic carbocycles. The second kappa shape index (κ2) is 3.24. The van der Waals surface area contributed by atoms with Gasteiger partial charge < -0.3 is 9.72 Å². The molecule has 1 heterocycles. The Morgan fingerprint density at radius 2 is 2.23 bits per heavy atom. The highest BCUT2D eigenvalue weighted by molar-refractivity contribution is 9.10. The first-order valence-corrected chi connectivity index (χ1v) is 4.90. The maximum absolute atomic E-state index is 5.95. The molecule has 2 rings (SSSR count). The van der Waals surface area contributed by atoms with E-state index in [1.165, 1.54) is 0 Å². The summed E-state index contributed by atoms with van der Waals surface area (Å²) in [6, 6.07) is 5.75. The van der Waals surface area contributed by atoms with Crippen molar-refractivity contribution in [3.63, 3.8) is 0 Å². The zero-order valence-electron chi connectivity index (χ0n) is 6.90. The van der Waals surface area contributed by atoms with E-state index >= 15 is 0 Å². The van der Waals surface area contributed by atoms with E-state index in [1.54, 1.807) is 7.11 Å². The van der Waals surface area contributed by atoms with E-state index in [9.17, 15) is 0 Å². The second-order valence-electron chi connectivity index (χ2n) is 2.66. The van der Waals surface area contributed by atoms with Crippen molar-refractivity contribution < 1.29 is 4.74 Å². The maximum atomic E-state index is 5.95. The van der Waals surface area contributed by atoms with Crippen LogP contribution in [0.25, 0.3) is 10.9 Å². The molecule has 0 aliphatic carbocycles. The Morgan fingerprint density at radius 3 is 2.92 bits per heavy atom. The zero-order chi connectivity index (χ0) is 9.42. The van der Waals surface area contributed by atoms with Crippen molar-refractivity contribution in [3.8, 4) is 5.75 Å². The molecular formula is C9H7BrClNO. The van der Waals surface area contributed by atoms with Gasteiger partial charge >= 0.3 is 0 Å². The molecule has 2 aromatic rings. The molecule has 0 radical (unpaired) electrons. The number of halogens is 2. The molecule has 1 aromatic heterocycles. The Balaban J connectivity index is 2.82. The number of aromatic nitrogens is 1. The lowest BCUT2D eigenvalue weighted by molar-refractivity contribution is 0.419. The third-order valence-corrected chi connectivity index (χ3v) is 2.60. The molecule has 0 atom stereocenters. The fourth-order valence-corrected chi connectivity index (χ4v) is 1.99. The van der Waals surface area contributed by atoms with Crippen molar-refractivity contribution in [2.75, 3.05) is 7.11 Å². The molecule has 0 aliphatic heterocycles. The number of nitrogens with one attached hydrogen (secondary N) is 1. The van der Waals surface area contributed by atoms with E-state index in [4.69, 9.17) is 16.3 Å². The van der Waals surface area contributed by atoms with Gasteiger partial charge in [-0.1, -0.05) is 17.7 Å². The molecular weight excluding hydrogens is 253 g/mol. The van der Waals surface area contributed by atoms with Gasteiger partial charge in [0, 0.05) is 5.39 Å². The summed E-state index contributed by atoms with van der Waals surface area (Å²) in [4.78, 5) is 3.13. The SMILES string of the molecule is COc1c(Cl)ccc2cc(Br)[nH]c12. The molecule has 0 unspecified atom stereocenters. The number of benzene rings is 1. The van der Waals surface area contributed by atoms with Crippen LogP contribution in [0, 0.1) is 0 Å². The van der Waals surface area contributed by atoms with Gasteiger partial charge in [0.25, 0.3) is 0 Å². The average Bonchev–Trinajstić information content (AvgIpc) is 2.45. The Bertz CT molecular complexity index is 452. The zero-order valence-corrected chi connectivity index (χ0v) is 9.24. The summed E-state index contributed by atoms with van der Waals surface area (Å²) in [6.45, 7) is 0. The number of aromatic amines is 1. The summed E-state index contributed by atoms with van der Waals surface area (Å²) >= 11 is 9.31. The highest BCUT2D eigenvalue weighted by Crippen LogP contribution is 2.33. The van der Waals surface area contributed by atoms with Gasteiger partial charge in [0.2, 0.25) is 0 Å². The largest absolute Gasteiger partial charge is 0.493 e. The van der Waals surface area contributed by atoms with E-state index in [-0.39, 0.29) is 0 Å². The summed E-state index contributed by atoms with van der Waals surface area (Å²) in [7, 11) is 1.61. The summed E-state index contributed by atoms with van der Waals surface area (Å²) in [5.41, 5.74) is 0.918. The van der Waals surface area contributed by atoms with Crippen LogP contribution in [0.15, 0.2) is 22.8 Å². The Morgan fingerprint density at radius 1 is 1.46 bits per heavy atom. The van der Waals surface area contributed by atoms with Crippen molar-refractivity contribution in [1.29, 1.82) is 0 Å². The lowest BCUT2D eigenvalue weighted by Crippen LogP contribution is -1.85. The van der Waals surface area contributed by atoms with Crippen molar-refractivity contribution in [3.05, 3.63) is 27.8 Å². The molecule has 0 spiro atoms. The van der Waals surface area contributed by atoms with Gasteiger partial charge in [0.05, 0.1) is 22.3 Å². The van der Waals surface area contributed by atoms with Crippen LogP contribution in [0.5, 0.6) is 5.75 Å². The van der Waals surface area contributed by atoms with Crippen LogP contribution in [-0.2, 0) is 0 Å². The van der Waals surface area contributed by atoms with Crippen LogP contribution in [0.4, 0.5) is 0 Å². The highest BCUT2D eigenvalue weighted by Gasteiger charge is 2.08. The predicted octanol–water partition coefficient (Wildman–Crippen LogP) is 3.59. The van der Waals surface area contributed by atoms with Gasteiger partial charge in [-0.05, 0) is 28.1 Å². The van der Waals surface area contributed by atoms with Crippen LogP contribution < -0.4 is 4.74 Å². The maximum Gasteiger partial charge on any atom is 0.161 e. The summed E-state index contributed by atoms with van der Waals surface area (Å²) in [5.74, 6) is 0.685. The molecule has 4 heteroatoms. The fraction of sp³-hybridized carbons (Fsp3) is 0.111. The van der Waals surface area contributed by atoms with Crippen LogP contribution in [-0.4, -0.2) is 12.1 Å². The van der Waals surface area contributed by atoms with Crippen LogP contribution >= 0.6 is 27.5 Å². The molecule has 0 fully saturated rings. The van der Waals surface area contributed by atoms with Crippen LogP contribution in [0.2, 0.25) is 5.02 Å². The van der Waals surface area contributed by atoms with Gasteiger partial charge in [-0.15, -0.1) is 0 Å². The molecule has 0 saturated heterocycles. The lowest BCUT2D eigenvalue weighted by atomic mass is 10.2. The molecule has 68 valence electrons. The van der Waals surface area contributed by atoms with Crippen molar-refractivity contribution in [1.82, 2.24) is 4.98 Å². The highest BCUT2D eigenvalue weighted by atomic mass is 79.9. The molecule has 2 nitrogen and oxygen atoms in total. The van der Waals surface area contributed by atoms with Crippen molar-refractivity contribution in [2.45, 2.75) is 0 Å². The Labute approximate surface area is 89.0 Å². The first-order valence-electron chi connectivity index (χ1n) is 3.73. The topological polar surface area (TPSA) is 25.0 Å². The number of methoxy groups -OCH3 is 1. The third kappa shape index (κ3) is 1.42. The van der Waals surface area contributed by atoms with E-state index in [1.807, 2.05) is 18.2 Å². The fourth-order valence-electron chi connectivity index (χ4n) is 1.31. The smallest absolute Gasteiger partial charge is 0.161 e. The first kappa shape index (κ1) is 8.91. The summed E-state index contributed by atoms with van der Waals surface area (Å²) in [6.07, 6.45) is 0. The summed E-state index contributed by atoms with van der Waals surface area (Å²) in [5, 5.41) is 1.69.